The van der Waals surface area contributed by atoms with E-state index in [1.165, 1.54) is 0 Å². The van der Waals surface area contributed by atoms with Gasteiger partial charge in [-0.05, 0) is 49.1 Å². The van der Waals surface area contributed by atoms with Crippen LogP contribution in [0.2, 0.25) is 5.15 Å². The molecule has 0 atom stereocenters. The van der Waals surface area contributed by atoms with Crippen molar-refractivity contribution < 1.29 is 8.78 Å². The van der Waals surface area contributed by atoms with Crippen LogP contribution >= 0.6 is 11.6 Å². The minimum absolute atomic E-state index is 0.0630. The first kappa shape index (κ1) is 20.6. The Morgan fingerprint density at radius 1 is 1.22 bits per heavy atom. The molecular formula is C23H20ClF2N5O. The Bertz CT molecular complexity index is 1400. The van der Waals surface area contributed by atoms with E-state index in [2.05, 4.69) is 15.2 Å². The first-order valence-corrected chi connectivity index (χ1v) is 10.6. The quantitative estimate of drug-likeness (QED) is 0.425. The molecule has 1 aliphatic heterocycles. The summed E-state index contributed by atoms with van der Waals surface area (Å²) in [6.07, 6.45) is 2.09. The third kappa shape index (κ3) is 3.26. The fraction of sp³-hybridized carbons (Fsp3) is 0.261. The summed E-state index contributed by atoms with van der Waals surface area (Å²) in [6.45, 7) is 2.35. The third-order valence-corrected chi connectivity index (χ3v) is 6.21. The monoisotopic (exact) mass is 455 g/mol. The van der Waals surface area contributed by atoms with Gasteiger partial charge in [-0.25, -0.2) is 13.8 Å². The average molecular weight is 456 g/mol. The molecule has 1 aromatic carbocycles. The zero-order chi connectivity index (χ0) is 22.6. The number of hydrogen-bond donors (Lipinski definition) is 1. The number of aromatic amines is 1. The molecule has 0 radical (unpaired) electrons. The number of fused-ring (bicyclic) bond motifs is 2. The molecule has 0 unspecified atom stereocenters. The van der Waals surface area contributed by atoms with E-state index in [1.54, 1.807) is 49.1 Å². The maximum absolute atomic E-state index is 14.1. The van der Waals surface area contributed by atoms with Gasteiger partial charge in [-0.1, -0.05) is 11.6 Å². The molecule has 0 saturated carbocycles. The lowest BCUT2D eigenvalue weighted by Crippen LogP contribution is -2.27. The van der Waals surface area contributed by atoms with Crippen molar-refractivity contribution in [3.8, 4) is 11.1 Å². The first-order valence-electron chi connectivity index (χ1n) is 10.2. The van der Waals surface area contributed by atoms with Crippen LogP contribution in [0.3, 0.4) is 0 Å². The van der Waals surface area contributed by atoms with Gasteiger partial charge in [0.2, 0.25) is 0 Å². The van der Waals surface area contributed by atoms with Crippen LogP contribution in [0.25, 0.3) is 22.0 Å². The van der Waals surface area contributed by atoms with Crippen molar-refractivity contribution in [1.29, 1.82) is 0 Å². The fourth-order valence-corrected chi connectivity index (χ4v) is 4.65. The highest BCUT2D eigenvalue weighted by atomic mass is 35.5. The second kappa shape index (κ2) is 7.70. The summed E-state index contributed by atoms with van der Waals surface area (Å²) >= 11 is 6.33. The number of alkyl halides is 2. The number of hydrogen-bond acceptors (Lipinski definition) is 4. The van der Waals surface area contributed by atoms with Crippen molar-refractivity contribution in [3.05, 3.63) is 68.9 Å². The molecule has 0 spiro atoms. The molecule has 0 fully saturated rings. The minimum atomic E-state index is -2.65. The van der Waals surface area contributed by atoms with Crippen molar-refractivity contribution >= 4 is 34.0 Å². The molecule has 32 heavy (non-hydrogen) atoms. The van der Waals surface area contributed by atoms with E-state index >= 15 is 0 Å². The van der Waals surface area contributed by atoms with Crippen molar-refractivity contribution in [2.45, 2.75) is 26.2 Å². The van der Waals surface area contributed by atoms with Gasteiger partial charge in [-0.2, -0.15) is 5.10 Å². The molecule has 0 amide bonds. The van der Waals surface area contributed by atoms with Crippen molar-refractivity contribution in [2.75, 3.05) is 11.4 Å². The number of nitrogens with one attached hydrogen (secondary N) is 1. The summed E-state index contributed by atoms with van der Waals surface area (Å²) in [7, 11) is 1.69. The molecule has 1 aliphatic rings. The van der Waals surface area contributed by atoms with Crippen LogP contribution in [-0.4, -0.2) is 26.3 Å². The van der Waals surface area contributed by atoms with E-state index in [0.717, 1.165) is 23.8 Å². The Hall–Kier alpha value is -3.26. The molecular weight excluding hydrogens is 436 g/mol. The van der Waals surface area contributed by atoms with E-state index in [1.807, 2.05) is 11.0 Å². The predicted molar refractivity (Wildman–Crippen MR) is 121 cm³/mol. The topological polar surface area (TPSA) is 66.8 Å². The van der Waals surface area contributed by atoms with E-state index < -0.39 is 6.43 Å². The molecule has 4 heterocycles. The molecule has 3 aromatic heterocycles. The molecule has 1 N–H and O–H groups in total. The largest absolute Gasteiger partial charge is 0.325 e. The van der Waals surface area contributed by atoms with E-state index in [4.69, 9.17) is 11.6 Å². The number of rotatable bonds is 3. The van der Waals surface area contributed by atoms with Crippen molar-refractivity contribution in [1.82, 2.24) is 19.7 Å². The van der Waals surface area contributed by atoms with Crippen LogP contribution in [0.1, 0.15) is 29.5 Å². The van der Waals surface area contributed by atoms with E-state index in [-0.39, 0.29) is 16.3 Å². The number of pyridine rings is 2. The van der Waals surface area contributed by atoms with Gasteiger partial charge in [0, 0.05) is 53.6 Å². The predicted octanol–water partition coefficient (Wildman–Crippen LogP) is 5.31. The molecule has 0 aliphatic carbocycles. The summed E-state index contributed by atoms with van der Waals surface area (Å²) in [6, 6.07) is 6.81. The second-order valence-corrected chi connectivity index (χ2v) is 8.39. The van der Waals surface area contributed by atoms with Crippen LogP contribution in [0.4, 0.5) is 20.3 Å². The van der Waals surface area contributed by atoms with E-state index in [0.29, 0.717) is 40.3 Å². The number of aryl methyl sites for hydroxylation is 3. The highest BCUT2D eigenvalue weighted by Crippen LogP contribution is 2.42. The number of H-pyrrole nitrogens is 1. The normalized spacial score (nSPS) is 13.8. The lowest BCUT2D eigenvalue weighted by molar-refractivity contribution is 0.152. The standard InChI is InChI=1S/C23H20ClF2N5O/c1-12-6-17-19(30(2)23(12)32)9-20(24)29-22(17)31-5-3-4-13-7-15(14-10-27-28-11-14)16(21(25)26)8-18(13)31/h6-11,21H,3-5H2,1-2H3,(H,27,28). The summed E-state index contributed by atoms with van der Waals surface area (Å²) in [5, 5.41) is 7.59. The molecule has 4 aromatic rings. The Morgan fingerprint density at radius 2 is 2.03 bits per heavy atom. The lowest BCUT2D eigenvalue weighted by atomic mass is 9.93. The van der Waals surface area contributed by atoms with E-state index in [9.17, 15) is 13.6 Å². The smallest absolute Gasteiger partial charge is 0.264 e. The van der Waals surface area contributed by atoms with Crippen LogP contribution in [-0.2, 0) is 13.5 Å². The molecule has 0 bridgehead atoms. The summed E-state index contributed by atoms with van der Waals surface area (Å²) in [5.74, 6) is 0.559. The zero-order valence-corrected chi connectivity index (χ0v) is 18.2. The number of benzene rings is 1. The van der Waals surface area contributed by atoms with Gasteiger partial charge < -0.3 is 9.47 Å². The minimum Gasteiger partial charge on any atom is -0.325 e. The first-order chi connectivity index (χ1) is 15.3. The van der Waals surface area contributed by atoms with Gasteiger partial charge >= 0.3 is 0 Å². The fourth-order valence-electron chi connectivity index (χ4n) is 4.47. The summed E-state index contributed by atoms with van der Waals surface area (Å²) < 4.78 is 29.7. The Labute approximate surface area is 187 Å². The van der Waals surface area contributed by atoms with Gasteiger partial charge in [0.1, 0.15) is 11.0 Å². The van der Waals surface area contributed by atoms with Crippen molar-refractivity contribution in [3.63, 3.8) is 0 Å². The highest BCUT2D eigenvalue weighted by molar-refractivity contribution is 6.30. The summed E-state index contributed by atoms with van der Waals surface area (Å²) in [5.41, 5.74) is 3.77. The van der Waals surface area contributed by atoms with Gasteiger partial charge in [0.15, 0.2) is 0 Å². The number of halogens is 3. The maximum atomic E-state index is 14.1. The Morgan fingerprint density at radius 3 is 2.75 bits per heavy atom. The summed E-state index contributed by atoms with van der Waals surface area (Å²) in [4.78, 5) is 18.9. The van der Waals surface area contributed by atoms with Crippen LogP contribution in [0, 0.1) is 6.92 Å². The van der Waals surface area contributed by atoms with Gasteiger partial charge in [0.25, 0.3) is 12.0 Å². The number of nitrogens with zero attached hydrogens (tertiary/aromatic N) is 4. The average Bonchev–Trinajstić information content (AvgIpc) is 3.31. The van der Waals surface area contributed by atoms with Crippen LogP contribution < -0.4 is 10.5 Å². The molecule has 5 rings (SSSR count). The molecule has 9 heteroatoms. The number of anilines is 2. The van der Waals surface area contributed by atoms with Gasteiger partial charge in [-0.3, -0.25) is 9.89 Å². The Kier molecular flexibility index (Phi) is 4.97. The third-order valence-electron chi connectivity index (χ3n) is 6.02. The molecule has 0 saturated heterocycles. The highest BCUT2D eigenvalue weighted by Gasteiger charge is 2.26. The SMILES string of the molecule is Cc1cc2c(N3CCCc4cc(-c5cn[nH]c5)c(C(F)F)cc43)nc(Cl)cc2n(C)c1=O. The molecule has 6 nitrogen and oxygen atoms in total. The van der Waals surface area contributed by atoms with Gasteiger partial charge in [0.05, 0.1) is 11.7 Å². The second-order valence-electron chi connectivity index (χ2n) is 8.00. The zero-order valence-electron chi connectivity index (χ0n) is 17.5. The van der Waals surface area contributed by atoms with Gasteiger partial charge in [-0.15, -0.1) is 0 Å². The Balaban J connectivity index is 1.76. The lowest BCUT2D eigenvalue weighted by Gasteiger charge is -2.32. The van der Waals surface area contributed by atoms with Crippen LogP contribution in [0.15, 0.2) is 41.5 Å². The number of aromatic nitrogens is 4. The molecule has 164 valence electrons. The maximum Gasteiger partial charge on any atom is 0.264 e. The van der Waals surface area contributed by atoms with Crippen LogP contribution in [0.5, 0.6) is 0 Å². The van der Waals surface area contributed by atoms with Crippen molar-refractivity contribution in [2.24, 2.45) is 7.05 Å².